The molecule has 2 aliphatic heterocycles. The van der Waals surface area contributed by atoms with Crippen LogP contribution in [0.3, 0.4) is 0 Å². The lowest BCUT2D eigenvalue weighted by atomic mass is 9.77. The van der Waals surface area contributed by atoms with E-state index >= 15 is 0 Å². The highest BCUT2D eigenvalue weighted by molar-refractivity contribution is 5.77. The van der Waals surface area contributed by atoms with Crippen LogP contribution < -0.4 is 11.1 Å². The van der Waals surface area contributed by atoms with Gasteiger partial charge in [0.25, 0.3) is 0 Å². The number of hydrogen-bond acceptors (Lipinski definition) is 3. The van der Waals surface area contributed by atoms with E-state index in [1.807, 2.05) is 0 Å². The number of nitrogens with two attached hydrogens (primary N) is 1. The van der Waals surface area contributed by atoms with Crippen molar-refractivity contribution in [1.82, 2.24) is 10.2 Å². The second kappa shape index (κ2) is 5.75. The van der Waals surface area contributed by atoms with E-state index in [0.29, 0.717) is 18.4 Å². The molecule has 0 aromatic heterocycles. The van der Waals surface area contributed by atoms with Gasteiger partial charge in [0, 0.05) is 23.5 Å². The van der Waals surface area contributed by atoms with Crippen LogP contribution in [-0.2, 0) is 4.79 Å². The first-order valence-corrected chi connectivity index (χ1v) is 8.73. The fourth-order valence-electron chi connectivity index (χ4n) is 5.10. The van der Waals surface area contributed by atoms with Crippen molar-refractivity contribution < 1.29 is 9.18 Å². The molecule has 4 atom stereocenters. The van der Waals surface area contributed by atoms with E-state index in [4.69, 9.17) is 5.73 Å². The lowest BCUT2D eigenvalue weighted by molar-refractivity contribution is -0.123. The number of nitrogens with zero attached hydrogens (tertiary/aromatic N) is 1. The van der Waals surface area contributed by atoms with E-state index < -0.39 is 0 Å². The Hall–Kier alpha value is -0.680. The number of primary amides is 1. The van der Waals surface area contributed by atoms with Crippen LogP contribution in [0.25, 0.3) is 0 Å². The molecule has 1 saturated carbocycles. The number of carbonyl (C=O) groups is 1. The molecule has 3 N–H and O–H groups in total. The Morgan fingerprint density at radius 1 is 1.32 bits per heavy atom. The van der Waals surface area contributed by atoms with E-state index in [2.05, 4.69) is 24.1 Å². The molecule has 0 aromatic carbocycles. The molecule has 2 heterocycles. The fourth-order valence-corrected chi connectivity index (χ4v) is 5.10. The van der Waals surface area contributed by atoms with Gasteiger partial charge in [0.05, 0.1) is 0 Å². The summed E-state index contributed by atoms with van der Waals surface area (Å²) in [6.45, 7) is 6.68. The molecule has 0 aromatic rings. The largest absolute Gasteiger partial charge is 0.369 e. The summed E-state index contributed by atoms with van der Waals surface area (Å²) in [5.41, 5.74) is 5.77. The first kappa shape index (κ1) is 16.2. The SMILES string of the molecule is CC1(C)CC([C@@H]2CC23CC(C(N)=O)CCN3)CCN1CCF. The van der Waals surface area contributed by atoms with Gasteiger partial charge in [0.2, 0.25) is 5.91 Å². The minimum Gasteiger partial charge on any atom is -0.369 e. The van der Waals surface area contributed by atoms with Crippen molar-refractivity contribution in [3.8, 4) is 0 Å². The van der Waals surface area contributed by atoms with Gasteiger partial charge in [-0.3, -0.25) is 9.69 Å². The van der Waals surface area contributed by atoms with Crippen LogP contribution in [0.15, 0.2) is 0 Å². The molecular weight excluding hydrogens is 281 g/mol. The molecule has 5 heteroatoms. The number of amides is 1. The van der Waals surface area contributed by atoms with E-state index in [-0.39, 0.29) is 29.6 Å². The molecule has 22 heavy (non-hydrogen) atoms. The third-order valence-electron chi connectivity index (χ3n) is 6.43. The molecule has 1 spiro atoms. The fraction of sp³-hybridized carbons (Fsp3) is 0.941. The summed E-state index contributed by atoms with van der Waals surface area (Å²) in [6, 6.07) is 0. The molecule has 3 fully saturated rings. The summed E-state index contributed by atoms with van der Waals surface area (Å²) >= 11 is 0. The number of rotatable bonds is 4. The first-order valence-electron chi connectivity index (χ1n) is 8.73. The molecule has 1 aliphatic carbocycles. The monoisotopic (exact) mass is 311 g/mol. The second-order valence-electron chi connectivity index (χ2n) is 8.23. The molecule has 1 amide bonds. The van der Waals surface area contributed by atoms with Gasteiger partial charge < -0.3 is 11.1 Å². The number of likely N-dealkylation sites (tertiary alicyclic amines) is 1. The maximum absolute atomic E-state index is 12.7. The summed E-state index contributed by atoms with van der Waals surface area (Å²) in [7, 11) is 0. The highest BCUT2D eigenvalue weighted by atomic mass is 19.1. The van der Waals surface area contributed by atoms with Crippen molar-refractivity contribution >= 4 is 5.91 Å². The zero-order valence-corrected chi connectivity index (χ0v) is 13.9. The minimum atomic E-state index is -0.261. The second-order valence-corrected chi connectivity index (χ2v) is 8.23. The highest BCUT2D eigenvalue weighted by Gasteiger charge is 2.60. The number of carbonyl (C=O) groups excluding carboxylic acids is 1. The predicted molar refractivity (Wildman–Crippen MR) is 85.1 cm³/mol. The first-order chi connectivity index (χ1) is 10.4. The summed E-state index contributed by atoms with van der Waals surface area (Å²) in [4.78, 5) is 13.8. The van der Waals surface area contributed by atoms with Crippen molar-refractivity contribution in [2.45, 2.75) is 57.0 Å². The van der Waals surface area contributed by atoms with E-state index in [9.17, 15) is 9.18 Å². The van der Waals surface area contributed by atoms with Gasteiger partial charge in [-0.25, -0.2) is 4.39 Å². The standard InChI is InChI=1S/C17H30FN3O/c1-16(2)9-12(4-7-21(16)8-5-18)14-11-17(14)10-13(15(19)22)3-6-20-17/h12-14,20H,3-11H2,1-2H3,(H2,19,22)/t12?,13?,14-,17?/m0/s1. The molecule has 3 rings (SSSR count). The Labute approximate surface area is 133 Å². The summed E-state index contributed by atoms with van der Waals surface area (Å²) in [5.74, 6) is 1.27. The molecule has 0 bridgehead atoms. The number of nitrogens with one attached hydrogen (secondary N) is 1. The van der Waals surface area contributed by atoms with Crippen LogP contribution in [0.1, 0.15) is 46.0 Å². The van der Waals surface area contributed by atoms with Gasteiger partial charge >= 0.3 is 0 Å². The van der Waals surface area contributed by atoms with Gasteiger partial charge in [0.1, 0.15) is 6.67 Å². The lowest BCUT2D eigenvalue weighted by Crippen LogP contribution is -2.52. The number of hydrogen-bond donors (Lipinski definition) is 2. The van der Waals surface area contributed by atoms with Crippen LogP contribution >= 0.6 is 0 Å². The van der Waals surface area contributed by atoms with Gasteiger partial charge in [0.15, 0.2) is 0 Å². The minimum absolute atomic E-state index is 0.0471. The predicted octanol–water partition coefficient (Wildman–Crippen LogP) is 1.69. The van der Waals surface area contributed by atoms with Crippen LogP contribution in [-0.4, -0.2) is 48.2 Å². The van der Waals surface area contributed by atoms with Crippen molar-refractivity contribution in [2.75, 3.05) is 26.3 Å². The van der Waals surface area contributed by atoms with E-state index in [1.165, 1.54) is 6.42 Å². The van der Waals surface area contributed by atoms with E-state index in [1.54, 1.807) is 0 Å². The molecule has 3 aliphatic rings. The van der Waals surface area contributed by atoms with Crippen LogP contribution in [0.2, 0.25) is 0 Å². The lowest BCUT2D eigenvalue weighted by Gasteiger charge is -2.46. The molecular formula is C17H30FN3O. The average Bonchev–Trinajstić information content (AvgIpc) is 3.14. The van der Waals surface area contributed by atoms with Crippen molar-refractivity contribution in [3.63, 3.8) is 0 Å². The quantitative estimate of drug-likeness (QED) is 0.831. The van der Waals surface area contributed by atoms with Gasteiger partial charge in [-0.05, 0) is 70.9 Å². The van der Waals surface area contributed by atoms with Gasteiger partial charge in [-0.2, -0.15) is 0 Å². The Balaban J connectivity index is 1.62. The summed E-state index contributed by atoms with van der Waals surface area (Å²) < 4.78 is 12.7. The Bertz CT molecular complexity index is 442. The zero-order chi connectivity index (χ0) is 16.0. The molecule has 4 nitrogen and oxygen atoms in total. The van der Waals surface area contributed by atoms with Crippen LogP contribution in [0.4, 0.5) is 4.39 Å². The highest BCUT2D eigenvalue weighted by Crippen LogP contribution is 2.57. The summed E-state index contributed by atoms with van der Waals surface area (Å²) in [6.07, 6.45) is 5.25. The van der Waals surface area contributed by atoms with Crippen LogP contribution in [0.5, 0.6) is 0 Å². The number of alkyl halides is 1. The van der Waals surface area contributed by atoms with Crippen LogP contribution in [0, 0.1) is 17.8 Å². The maximum Gasteiger partial charge on any atom is 0.220 e. The number of piperidine rings is 2. The maximum atomic E-state index is 12.7. The number of halogens is 1. The molecule has 126 valence electrons. The van der Waals surface area contributed by atoms with Crippen molar-refractivity contribution in [2.24, 2.45) is 23.5 Å². The summed E-state index contributed by atoms with van der Waals surface area (Å²) in [5, 5.41) is 3.68. The third-order valence-corrected chi connectivity index (χ3v) is 6.43. The van der Waals surface area contributed by atoms with Gasteiger partial charge in [-0.15, -0.1) is 0 Å². The molecule has 2 saturated heterocycles. The van der Waals surface area contributed by atoms with Crippen molar-refractivity contribution in [1.29, 1.82) is 0 Å². The molecule has 0 radical (unpaired) electrons. The topological polar surface area (TPSA) is 58.4 Å². The van der Waals surface area contributed by atoms with E-state index in [0.717, 1.165) is 38.8 Å². The Morgan fingerprint density at radius 3 is 2.73 bits per heavy atom. The normalized spacial score (nSPS) is 41.5. The zero-order valence-electron chi connectivity index (χ0n) is 13.9. The Morgan fingerprint density at radius 2 is 2.09 bits per heavy atom. The Kier molecular flexibility index (Phi) is 4.23. The third kappa shape index (κ3) is 2.90. The van der Waals surface area contributed by atoms with Crippen molar-refractivity contribution in [3.05, 3.63) is 0 Å². The molecule has 3 unspecified atom stereocenters. The van der Waals surface area contributed by atoms with Gasteiger partial charge in [-0.1, -0.05) is 0 Å². The average molecular weight is 311 g/mol. The smallest absolute Gasteiger partial charge is 0.220 e.